The van der Waals surface area contributed by atoms with Gasteiger partial charge in [-0.15, -0.1) is 0 Å². The van der Waals surface area contributed by atoms with Crippen molar-refractivity contribution in [2.24, 2.45) is 5.92 Å². The molecule has 1 nitrogen and oxygen atoms in total. The SMILES string of the molecule is OC(CC1CC1)C1(c2ccccc2)CCC1. The van der Waals surface area contributed by atoms with Crippen LogP contribution in [0.25, 0.3) is 0 Å². The first-order valence-electron chi connectivity index (χ1n) is 6.55. The predicted octanol–water partition coefficient (Wildman–Crippen LogP) is 3.27. The molecule has 0 bridgehead atoms. The van der Waals surface area contributed by atoms with Crippen LogP contribution in [0.3, 0.4) is 0 Å². The number of rotatable bonds is 4. The Morgan fingerprint density at radius 3 is 2.38 bits per heavy atom. The molecule has 86 valence electrons. The van der Waals surface area contributed by atoms with Crippen LogP contribution in [0, 0.1) is 5.92 Å². The zero-order valence-electron chi connectivity index (χ0n) is 9.73. The van der Waals surface area contributed by atoms with Crippen molar-refractivity contribution in [1.29, 1.82) is 0 Å². The van der Waals surface area contributed by atoms with Gasteiger partial charge >= 0.3 is 0 Å². The van der Waals surface area contributed by atoms with E-state index in [0.29, 0.717) is 0 Å². The summed E-state index contributed by atoms with van der Waals surface area (Å²) in [7, 11) is 0. The fourth-order valence-electron chi connectivity index (χ4n) is 3.04. The molecule has 2 fully saturated rings. The Morgan fingerprint density at radius 2 is 1.88 bits per heavy atom. The molecule has 1 aromatic carbocycles. The van der Waals surface area contributed by atoms with E-state index in [9.17, 15) is 5.11 Å². The summed E-state index contributed by atoms with van der Waals surface area (Å²) in [6, 6.07) is 10.6. The molecule has 1 aromatic rings. The lowest BCUT2D eigenvalue weighted by Crippen LogP contribution is -2.45. The highest BCUT2D eigenvalue weighted by molar-refractivity contribution is 5.29. The average molecular weight is 216 g/mol. The van der Waals surface area contributed by atoms with Crippen molar-refractivity contribution in [3.63, 3.8) is 0 Å². The third-order valence-electron chi connectivity index (χ3n) is 4.49. The predicted molar refractivity (Wildman–Crippen MR) is 65.3 cm³/mol. The summed E-state index contributed by atoms with van der Waals surface area (Å²) in [5.41, 5.74) is 1.46. The van der Waals surface area contributed by atoms with Gasteiger partial charge in [0.2, 0.25) is 0 Å². The van der Waals surface area contributed by atoms with Crippen molar-refractivity contribution in [3.05, 3.63) is 35.9 Å². The molecule has 1 atom stereocenters. The fraction of sp³-hybridized carbons (Fsp3) is 0.600. The van der Waals surface area contributed by atoms with E-state index in [1.807, 2.05) is 0 Å². The first-order valence-corrected chi connectivity index (χ1v) is 6.55. The molecule has 3 rings (SSSR count). The minimum absolute atomic E-state index is 0.101. The number of aliphatic hydroxyl groups is 1. The van der Waals surface area contributed by atoms with Crippen LogP contribution in [-0.2, 0) is 5.41 Å². The van der Waals surface area contributed by atoms with Crippen molar-refractivity contribution >= 4 is 0 Å². The van der Waals surface area contributed by atoms with Gasteiger partial charge in [-0.3, -0.25) is 0 Å². The molecule has 0 heterocycles. The van der Waals surface area contributed by atoms with E-state index < -0.39 is 0 Å². The van der Waals surface area contributed by atoms with Crippen LogP contribution in [0.15, 0.2) is 30.3 Å². The zero-order valence-corrected chi connectivity index (χ0v) is 9.73. The lowest BCUT2D eigenvalue weighted by molar-refractivity contribution is 0.0184. The normalized spacial score (nSPS) is 24.8. The summed E-state index contributed by atoms with van der Waals surface area (Å²) < 4.78 is 0. The molecule has 0 aromatic heterocycles. The lowest BCUT2D eigenvalue weighted by Gasteiger charge is -2.46. The molecule has 0 saturated heterocycles. The van der Waals surface area contributed by atoms with Gasteiger partial charge in [0.05, 0.1) is 6.10 Å². The minimum Gasteiger partial charge on any atom is -0.392 e. The standard InChI is InChI=1S/C15H20O/c16-14(11-12-7-8-12)15(9-4-10-15)13-5-2-1-3-6-13/h1-3,5-6,12,14,16H,4,7-11H2. The molecule has 0 aliphatic heterocycles. The van der Waals surface area contributed by atoms with Crippen molar-refractivity contribution < 1.29 is 5.11 Å². The van der Waals surface area contributed by atoms with Gasteiger partial charge < -0.3 is 5.11 Å². The summed E-state index contributed by atoms with van der Waals surface area (Å²) >= 11 is 0. The van der Waals surface area contributed by atoms with Gasteiger partial charge in [-0.2, -0.15) is 0 Å². The van der Waals surface area contributed by atoms with E-state index in [2.05, 4.69) is 30.3 Å². The average Bonchev–Trinajstić information content (AvgIpc) is 3.01. The Kier molecular flexibility index (Phi) is 2.51. The quantitative estimate of drug-likeness (QED) is 0.819. The van der Waals surface area contributed by atoms with E-state index in [4.69, 9.17) is 0 Å². The van der Waals surface area contributed by atoms with Crippen LogP contribution < -0.4 is 0 Å². The Balaban J connectivity index is 1.81. The van der Waals surface area contributed by atoms with Gasteiger partial charge in [0.25, 0.3) is 0 Å². The highest BCUT2D eigenvalue weighted by Crippen LogP contribution is 2.49. The van der Waals surface area contributed by atoms with Gasteiger partial charge in [0.15, 0.2) is 0 Å². The third kappa shape index (κ3) is 1.67. The first-order chi connectivity index (χ1) is 7.81. The fourth-order valence-corrected chi connectivity index (χ4v) is 3.04. The number of hydrogen-bond acceptors (Lipinski definition) is 1. The highest BCUT2D eigenvalue weighted by atomic mass is 16.3. The first kappa shape index (κ1) is 10.3. The van der Waals surface area contributed by atoms with Gasteiger partial charge in [-0.1, -0.05) is 49.6 Å². The molecule has 2 aliphatic rings. The molecular weight excluding hydrogens is 196 g/mol. The lowest BCUT2D eigenvalue weighted by atomic mass is 9.60. The smallest absolute Gasteiger partial charge is 0.0639 e. The summed E-state index contributed by atoms with van der Waals surface area (Å²) in [5.74, 6) is 0.816. The second kappa shape index (κ2) is 3.89. The van der Waals surface area contributed by atoms with Crippen molar-refractivity contribution in [2.45, 2.75) is 50.0 Å². The summed E-state index contributed by atoms with van der Waals surface area (Å²) in [4.78, 5) is 0. The summed E-state index contributed by atoms with van der Waals surface area (Å²) in [5, 5.41) is 10.5. The molecule has 2 saturated carbocycles. The topological polar surface area (TPSA) is 20.2 Å². The van der Waals surface area contributed by atoms with E-state index in [1.165, 1.54) is 37.7 Å². The van der Waals surface area contributed by atoms with Gasteiger partial charge in [0, 0.05) is 5.41 Å². The maximum Gasteiger partial charge on any atom is 0.0639 e. The van der Waals surface area contributed by atoms with Crippen LogP contribution in [-0.4, -0.2) is 11.2 Å². The van der Waals surface area contributed by atoms with Gasteiger partial charge in [0.1, 0.15) is 0 Å². The largest absolute Gasteiger partial charge is 0.392 e. The molecular formula is C15H20O. The Labute approximate surface area is 97.5 Å². The zero-order chi connectivity index (χ0) is 11.0. The second-order valence-electron chi connectivity index (χ2n) is 5.57. The van der Waals surface area contributed by atoms with Crippen molar-refractivity contribution in [1.82, 2.24) is 0 Å². The number of hydrogen-bond donors (Lipinski definition) is 1. The maximum atomic E-state index is 10.5. The highest BCUT2D eigenvalue weighted by Gasteiger charge is 2.46. The van der Waals surface area contributed by atoms with Gasteiger partial charge in [-0.05, 0) is 30.7 Å². The molecule has 1 N–H and O–H groups in total. The summed E-state index contributed by atoms with van der Waals surface area (Å²) in [6.45, 7) is 0. The van der Waals surface area contributed by atoms with E-state index in [1.54, 1.807) is 0 Å². The van der Waals surface area contributed by atoms with Crippen LogP contribution in [0.1, 0.15) is 44.1 Å². The molecule has 1 heteroatoms. The van der Waals surface area contributed by atoms with Crippen molar-refractivity contribution in [3.8, 4) is 0 Å². The number of aliphatic hydroxyl groups excluding tert-OH is 1. The van der Waals surface area contributed by atoms with Crippen LogP contribution in [0.5, 0.6) is 0 Å². The molecule has 0 amide bonds. The monoisotopic (exact) mass is 216 g/mol. The van der Waals surface area contributed by atoms with E-state index >= 15 is 0 Å². The van der Waals surface area contributed by atoms with Crippen molar-refractivity contribution in [2.75, 3.05) is 0 Å². The molecule has 2 aliphatic carbocycles. The molecule has 16 heavy (non-hydrogen) atoms. The Bertz CT molecular complexity index is 349. The van der Waals surface area contributed by atoms with Crippen LogP contribution >= 0.6 is 0 Å². The second-order valence-corrected chi connectivity index (χ2v) is 5.57. The maximum absolute atomic E-state index is 10.5. The van der Waals surface area contributed by atoms with E-state index in [-0.39, 0.29) is 11.5 Å². The minimum atomic E-state index is -0.115. The van der Waals surface area contributed by atoms with E-state index in [0.717, 1.165) is 12.3 Å². The van der Waals surface area contributed by atoms with Gasteiger partial charge in [-0.25, -0.2) is 0 Å². The summed E-state index contributed by atoms with van der Waals surface area (Å²) in [6.07, 6.45) is 7.20. The molecule has 1 unspecified atom stereocenters. The molecule has 0 radical (unpaired) electrons. The third-order valence-corrected chi connectivity index (χ3v) is 4.49. The Hall–Kier alpha value is -0.820. The number of benzene rings is 1. The van der Waals surface area contributed by atoms with Crippen LogP contribution in [0.2, 0.25) is 0 Å². The molecule has 0 spiro atoms. The van der Waals surface area contributed by atoms with Crippen LogP contribution in [0.4, 0.5) is 0 Å². The Morgan fingerprint density at radius 1 is 1.19 bits per heavy atom.